The van der Waals surface area contributed by atoms with Gasteiger partial charge in [-0.05, 0) is 43.4 Å². The molecule has 2 aliphatic rings. The molecule has 1 aromatic heterocycles. The van der Waals surface area contributed by atoms with Crippen LogP contribution in [0.15, 0.2) is 34.9 Å². The molecule has 0 bridgehead atoms. The van der Waals surface area contributed by atoms with Gasteiger partial charge in [-0.3, -0.25) is 19.2 Å². The summed E-state index contributed by atoms with van der Waals surface area (Å²) in [6.07, 6.45) is 4.76. The van der Waals surface area contributed by atoms with E-state index in [2.05, 4.69) is 48.2 Å². The Hall–Kier alpha value is -2.70. The number of nitrogens with two attached hydrogens (primary N) is 1. The molecule has 1 saturated carbocycles. The van der Waals surface area contributed by atoms with Crippen molar-refractivity contribution in [2.75, 3.05) is 25.0 Å². The maximum atomic E-state index is 12.2. The van der Waals surface area contributed by atoms with E-state index in [1.165, 1.54) is 5.56 Å². The predicted octanol–water partition coefficient (Wildman–Crippen LogP) is 3.00. The summed E-state index contributed by atoms with van der Waals surface area (Å²) >= 11 is 3.46. The zero-order valence-corrected chi connectivity index (χ0v) is 18.8. The summed E-state index contributed by atoms with van der Waals surface area (Å²) in [6.45, 7) is 10.2. The van der Waals surface area contributed by atoms with Crippen LogP contribution in [0.25, 0.3) is 4.85 Å². The molecule has 0 atom stereocenters. The van der Waals surface area contributed by atoms with Crippen LogP contribution in [0.1, 0.15) is 41.6 Å². The molecule has 9 heteroatoms. The summed E-state index contributed by atoms with van der Waals surface area (Å²) in [5.41, 5.74) is 6.45. The van der Waals surface area contributed by atoms with Crippen molar-refractivity contribution < 1.29 is 9.59 Å². The van der Waals surface area contributed by atoms with E-state index < -0.39 is 11.4 Å². The van der Waals surface area contributed by atoms with Crippen molar-refractivity contribution in [1.82, 2.24) is 14.7 Å². The third-order valence-corrected chi connectivity index (χ3v) is 6.66. The minimum atomic E-state index is -0.636. The van der Waals surface area contributed by atoms with Crippen LogP contribution in [-0.4, -0.2) is 46.1 Å². The normalized spacial score (nSPS) is 18.3. The summed E-state index contributed by atoms with van der Waals surface area (Å²) in [7, 11) is 0. The monoisotopic (exact) mass is 484 g/mol. The summed E-state index contributed by atoms with van der Waals surface area (Å²) in [4.78, 5) is 30.2. The summed E-state index contributed by atoms with van der Waals surface area (Å²) < 4.78 is 2.75. The average molecular weight is 485 g/mol. The number of anilines is 1. The molecular formula is C22H25BrN6O2. The number of halogens is 1. The SMILES string of the molecule is [C-]#[N+]CC1(n2cc(C(N)=O)c(NC(=O)C3CC3)n2)CCN(Cc2ccc(Br)cc2)CC1. The number of carbonyl (C=O) groups excluding carboxylic acids is 2. The largest absolute Gasteiger partial charge is 0.365 e. The van der Waals surface area contributed by atoms with Gasteiger partial charge in [-0.2, -0.15) is 5.10 Å². The molecule has 1 saturated heterocycles. The first kappa shape index (κ1) is 21.5. The second-order valence-corrected chi connectivity index (χ2v) is 9.32. The average Bonchev–Trinajstić information content (AvgIpc) is 3.51. The molecule has 3 N–H and O–H groups in total. The number of piperidine rings is 1. The lowest BCUT2D eigenvalue weighted by Crippen LogP contribution is -2.47. The smallest absolute Gasteiger partial charge is 0.254 e. The van der Waals surface area contributed by atoms with Crippen molar-refractivity contribution in [2.24, 2.45) is 11.7 Å². The lowest BCUT2D eigenvalue weighted by atomic mass is 9.87. The van der Waals surface area contributed by atoms with E-state index in [1.807, 2.05) is 12.1 Å². The second kappa shape index (κ2) is 8.81. The van der Waals surface area contributed by atoms with Crippen molar-refractivity contribution in [1.29, 1.82) is 0 Å². The maximum Gasteiger partial charge on any atom is 0.254 e. The first-order valence-corrected chi connectivity index (χ1v) is 11.2. The molecule has 162 valence electrons. The highest BCUT2D eigenvalue weighted by Crippen LogP contribution is 2.34. The van der Waals surface area contributed by atoms with Gasteiger partial charge in [-0.25, -0.2) is 6.57 Å². The molecule has 0 radical (unpaired) electrons. The number of nitrogens with zero attached hydrogens (tertiary/aromatic N) is 4. The standard InChI is InChI=1S/C22H25BrN6O2/c1-25-14-22(8-10-28(11-9-22)12-15-2-6-17(23)7-3-15)29-13-18(19(24)30)20(27-29)26-21(31)16-4-5-16/h2-3,6-7,13,16H,4-5,8-12,14H2,(H2,24,30)(H,26,27,31). The van der Waals surface area contributed by atoms with E-state index in [4.69, 9.17) is 12.3 Å². The first-order valence-electron chi connectivity index (χ1n) is 10.4. The molecule has 2 aromatic rings. The zero-order valence-electron chi connectivity index (χ0n) is 17.2. The number of hydrogen-bond acceptors (Lipinski definition) is 4. The van der Waals surface area contributed by atoms with Gasteiger partial charge in [0, 0.05) is 36.2 Å². The Labute approximate surface area is 189 Å². The van der Waals surface area contributed by atoms with E-state index in [0.717, 1.165) is 49.8 Å². The molecule has 1 aliphatic carbocycles. The van der Waals surface area contributed by atoms with Crippen LogP contribution in [0.3, 0.4) is 0 Å². The third-order valence-electron chi connectivity index (χ3n) is 6.14. The highest BCUT2D eigenvalue weighted by molar-refractivity contribution is 9.10. The summed E-state index contributed by atoms with van der Waals surface area (Å²) in [6, 6.07) is 8.28. The molecule has 4 rings (SSSR count). The number of likely N-dealkylation sites (tertiary alicyclic amines) is 1. The Morgan fingerprint density at radius 3 is 2.52 bits per heavy atom. The number of aromatic nitrogens is 2. The van der Waals surface area contributed by atoms with Gasteiger partial charge < -0.3 is 15.9 Å². The van der Waals surface area contributed by atoms with E-state index >= 15 is 0 Å². The minimum absolute atomic E-state index is 0.00933. The highest BCUT2D eigenvalue weighted by Gasteiger charge is 2.41. The molecule has 2 fully saturated rings. The number of primary amides is 1. The van der Waals surface area contributed by atoms with Crippen molar-refractivity contribution in [3.05, 3.63) is 57.5 Å². The Morgan fingerprint density at radius 1 is 1.26 bits per heavy atom. The van der Waals surface area contributed by atoms with Gasteiger partial charge in [0.2, 0.25) is 12.5 Å². The Morgan fingerprint density at radius 2 is 1.94 bits per heavy atom. The van der Waals surface area contributed by atoms with Gasteiger partial charge in [0.1, 0.15) is 11.1 Å². The fraction of sp³-hybridized carbons (Fsp3) is 0.455. The molecule has 2 heterocycles. The Bertz CT molecular complexity index is 1010. The predicted molar refractivity (Wildman–Crippen MR) is 120 cm³/mol. The van der Waals surface area contributed by atoms with Crippen LogP contribution < -0.4 is 11.1 Å². The molecule has 8 nitrogen and oxygen atoms in total. The molecule has 1 aliphatic heterocycles. The number of hydrogen-bond donors (Lipinski definition) is 2. The van der Waals surface area contributed by atoms with E-state index in [1.54, 1.807) is 10.9 Å². The van der Waals surface area contributed by atoms with Crippen molar-refractivity contribution in [3.63, 3.8) is 0 Å². The van der Waals surface area contributed by atoms with Gasteiger partial charge in [-0.15, -0.1) is 0 Å². The third kappa shape index (κ3) is 4.81. The second-order valence-electron chi connectivity index (χ2n) is 8.41. The number of amides is 2. The Kier molecular flexibility index (Phi) is 6.12. The van der Waals surface area contributed by atoms with Crippen molar-refractivity contribution in [3.8, 4) is 0 Å². The lowest BCUT2D eigenvalue weighted by Gasteiger charge is -2.38. The summed E-state index contributed by atoms with van der Waals surface area (Å²) in [5.74, 6) is -0.574. The van der Waals surface area contributed by atoms with E-state index in [0.29, 0.717) is 0 Å². The van der Waals surface area contributed by atoms with Gasteiger partial charge in [-0.1, -0.05) is 28.1 Å². The fourth-order valence-corrected chi connectivity index (χ4v) is 4.30. The number of nitrogens with one attached hydrogen (secondary N) is 1. The number of benzene rings is 1. The van der Waals surface area contributed by atoms with E-state index in [-0.39, 0.29) is 29.8 Å². The zero-order chi connectivity index (χ0) is 22.0. The molecule has 31 heavy (non-hydrogen) atoms. The molecular weight excluding hydrogens is 460 g/mol. The number of rotatable bonds is 7. The lowest BCUT2D eigenvalue weighted by molar-refractivity contribution is -0.117. The molecule has 2 amide bonds. The first-order chi connectivity index (χ1) is 14.9. The van der Waals surface area contributed by atoms with Crippen LogP contribution in [0.2, 0.25) is 0 Å². The van der Waals surface area contributed by atoms with Crippen LogP contribution in [0.4, 0.5) is 5.82 Å². The summed E-state index contributed by atoms with van der Waals surface area (Å²) in [5, 5.41) is 7.29. The van der Waals surface area contributed by atoms with Crippen molar-refractivity contribution >= 4 is 33.6 Å². The van der Waals surface area contributed by atoms with Crippen LogP contribution >= 0.6 is 15.9 Å². The van der Waals surface area contributed by atoms with Crippen LogP contribution in [-0.2, 0) is 16.9 Å². The maximum absolute atomic E-state index is 12.2. The van der Waals surface area contributed by atoms with Crippen LogP contribution in [0.5, 0.6) is 0 Å². The number of carbonyl (C=O) groups is 2. The highest BCUT2D eigenvalue weighted by atomic mass is 79.9. The van der Waals surface area contributed by atoms with Crippen LogP contribution in [0, 0.1) is 12.5 Å². The van der Waals surface area contributed by atoms with Gasteiger partial charge in [0.25, 0.3) is 5.91 Å². The van der Waals surface area contributed by atoms with Crippen molar-refractivity contribution in [2.45, 2.75) is 37.8 Å². The van der Waals surface area contributed by atoms with Gasteiger partial charge in [0.05, 0.1) is 0 Å². The minimum Gasteiger partial charge on any atom is -0.365 e. The quantitative estimate of drug-likeness (QED) is 0.590. The van der Waals surface area contributed by atoms with Gasteiger partial charge >= 0.3 is 0 Å². The molecule has 0 unspecified atom stereocenters. The van der Waals surface area contributed by atoms with Gasteiger partial charge in [0.15, 0.2) is 5.82 Å². The molecule has 0 spiro atoms. The Balaban J connectivity index is 1.51. The molecule has 1 aromatic carbocycles. The fourth-order valence-electron chi connectivity index (χ4n) is 4.04. The van der Waals surface area contributed by atoms with E-state index in [9.17, 15) is 9.59 Å². The topological polar surface area (TPSA) is 97.6 Å².